The van der Waals surface area contributed by atoms with Gasteiger partial charge in [-0.3, -0.25) is 0 Å². The zero-order chi connectivity index (χ0) is 19.3. The lowest BCUT2D eigenvalue weighted by Gasteiger charge is -2.09. The third-order valence-electron chi connectivity index (χ3n) is 2.39. The van der Waals surface area contributed by atoms with E-state index in [9.17, 15) is 4.79 Å². The van der Waals surface area contributed by atoms with E-state index in [0.717, 1.165) is 6.42 Å². The zero-order valence-corrected chi connectivity index (χ0v) is 18.0. The van der Waals surface area contributed by atoms with Crippen molar-refractivity contribution in [1.82, 2.24) is 0 Å². The summed E-state index contributed by atoms with van der Waals surface area (Å²) in [5.74, 6) is 0.167. The molecule has 0 fully saturated rings. The second-order valence-corrected chi connectivity index (χ2v) is 4.93. The molecule has 0 amide bonds. The van der Waals surface area contributed by atoms with E-state index in [4.69, 9.17) is 0 Å². The van der Waals surface area contributed by atoms with Crippen molar-refractivity contribution in [2.24, 2.45) is 0 Å². The van der Waals surface area contributed by atoms with Crippen LogP contribution < -0.4 is 0 Å². The van der Waals surface area contributed by atoms with E-state index in [1.165, 1.54) is 44.2 Å². The van der Waals surface area contributed by atoms with Crippen LogP contribution in [-0.4, -0.2) is 5.78 Å². The molecule has 1 rings (SSSR count). The quantitative estimate of drug-likeness (QED) is 0.560. The van der Waals surface area contributed by atoms with E-state index in [-0.39, 0.29) is 5.78 Å². The second-order valence-electron chi connectivity index (χ2n) is 4.93. The Morgan fingerprint density at radius 3 is 1.61 bits per heavy atom. The number of carbonyl (C=O) groups is 1. The van der Waals surface area contributed by atoms with Gasteiger partial charge in [-0.25, -0.2) is 0 Å². The average molecular weight is 325 g/mol. The van der Waals surface area contributed by atoms with E-state index in [2.05, 4.69) is 52.8 Å². The van der Waals surface area contributed by atoms with Gasteiger partial charge in [0.1, 0.15) is 5.78 Å². The zero-order valence-electron chi connectivity index (χ0n) is 18.0. The van der Waals surface area contributed by atoms with E-state index >= 15 is 0 Å². The highest BCUT2D eigenvalue weighted by Crippen LogP contribution is 2.16. The molecule has 0 radical (unpaired) electrons. The van der Waals surface area contributed by atoms with Gasteiger partial charge in [-0.1, -0.05) is 86.4 Å². The molecule has 0 spiro atoms. The van der Waals surface area contributed by atoms with Crippen LogP contribution in [0.15, 0.2) is 18.2 Å². The van der Waals surface area contributed by atoms with Gasteiger partial charge in [0, 0.05) is 0 Å². The van der Waals surface area contributed by atoms with Gasteiger partial charge in [0.25, 0.3) is 0 Å². The smallest absolute Gasteiger partial charge is 0.126 e. The standard InChI is InChI=1S/C12H18.C3H6O.C3H8.2C2H6/c1-4-7-12-10(3)8-6-9-11(12)5-2;1-3(2)4;1-3-2;2*1-2/h6,8-9H,4-5,7H2,1-3H3;1-2H3;3H2,1-2H3;2*1-2H3. The number of carbonyl (C=O) groups excluding carboxylic acids is 1. The van der Waals surface area contributed by atoms with Crippen molar-refractivity contribution in [2.75, 3.05) is 0 Å². The summed E-state index contributed by atoms with van der Waals surface area (Å²) in [6.07, 6.45) is 4.89. The van der Waals surface area contributed by atoms with Crippen molar-refractivity contribution in [1.29, 1.82) is 0 Å². The molecule has 0 unspecified atom stereocenters. The Balaban J connectivity index is -0.000000137. The third kappa shape index (κ3) is 23.3. The molecule has 0 aromatic heterocycles. The predicted molar refractivity (Wildman–Crippen MR) is 110 cm³/mol. The summed E-state index contributed by atoms with van der Waals surface area (Å²) in [5, 5.41) is 0. The fourth-order valence-electron chi connectivity index (χ4n) is 1.70. The maximum absolute atomic E-state index is 9.44. The highest BCUT2D eigenvalue weighted by molar-refractivity contribution is 5.72. The molecule has 0 aliphatic heterocycles. The molecule has 1 aromatic rings. The van der Waals surface area contributed by atoms with Crippen molar-refractivity contribution in [3.63, 3.8) is 0 Å². The molecule has 0 bridgehead atoms. The van der Waals surface area contributed by atoms with Crippen molar-refractivity contribution < 1.29 is 4.79 Å². The normalized spacial score (nSPS) is 7.78. The average Bonchev–Trinajstić information content (AvgIpc) is 2.54. The first-order valence-corrected chi connectivity index (χ1v) is 9.48. The summed E-state index contributed by atoms with van der Waals surface area (Å²) in [6.45, 7) is 22.0. The Hall–Kier alpha value is -1.11. The van der Waals surface area contributed by atoms with Gasteiger partial charge in [0.05, 0.1) is 0 Å². The van der Waals surface area contributed by atoms with Gasteiger partial charge in [0.2, 0.25) is 0 Å². The molecule has 0 aliphatic carbocycles. The molecular formula is C22H44O. The van der Waals surface area contributed by atoms with Crippen LogP contribution in [0.3, 0.4) is 0 Å². The Bertz CT molecular complexity index is 336. The van der Waals surface area contributed by atoms with Crippen molar-refractivity contribution >= 4 is 5.78 Å². The molecule has 1 aromatic carbocycles. The van der Waals surface area contributed by atoms with Gasteiger partial charge < -0.3 is 4.79 Å². The first-order valence-electron chi connectivity index (χ1n) is 9.48. The molecule has 0 N–H and O–H groups in total. The maximum atomic E-state index is 9.44. The topological polar surface area (TPSA) is 17.1 Å². The summed E-state index contributed by atoms with van der Waals surface area (Å²) in [7, 11) is 0. The van der Waals surface area contributed by atoms with E-state index in [0.29, 0.717) is 0 Å². The molecule has 0 atom stereocenters. The molecular weight excluding hydrogens is 280 g/mol. The van der Waals surface area contributed by atoms with Gasteiger partial charge in [-0.05, 0) is 50.3 Å². The van der Waals surface area contributed by atoms with Gasteiger partial charge in [0.15, 0.2) is 0 Å². The molecule has 1 heteroatoms. The second kappa shape index (κ2) is 25.8. The van der Waals surface area contributed by atoms with Crippen LogP contribution in [0.2, 0.25) is 0 Å². The van der Waals surface area contributed by atoms with Crippen LogP contribution in [0.5, 0.6) is 0 Å². The Morgan fingerprint density at radius 2 is 1.30 bits per heavy atom. The fourth-order valence-corrected chi connectivity index (χ4v) is 1.70. The van der Waals surface area contributed by atoms with Crippen molar-refractivity contribution in [3.8, 4) is 0 Å². The lowest BCUT2D eigenvalue weighted by Crippen LogP contribution is -1.95. The van der Waals surface area contributed by atoms with Gasteiger partial charge in [-0.15, -0.1) is 0 Å². The van der Waals surface area contributed by atoms with Crippen LogP contribution in [-0.2, 0) is 17.6 Å². The summed E-state index contributed by atoms with van der Waals surface area (Å²) in [4.78, 5) is 9.44. The lowest BCUT2D eigenvalue weighted by atomic mass is 9.97. The van der Waals surface area contributed by atoms with Gasteiger partial charge >= 0.3 is 0 Å². The van der Waals surface area contributed by atoms with Crippen LogP contribution in [0, 0.1) is 6.92 Å². The summed E-state index contributed by atoms with van der Waals surface area (Å²) < 4.78 is 0. The van der Waals surface area contributed by atoms with E-state index in [1.807, 2.05) is 27.7 Å². The highest BCUT2D eigenvalue weighted by atomic mass is 16.1. The van der Waals surface area contributed by atoms with Crippen LogP contribution in [0.1, 0.15) is 98.8 Å². The van der Waals surface area contributed by atoms with Crippen molar-refractivity contribution in [2.45, 2.75) is 102 Å². The number of aryl methyl sites for hydroxylation is 2. The van der Waals surface area contributed by atoms with Crippen LogP contribution >= 0.6 is 0 Å². The first-order chi connectivity index (χ1) is 10.9. The number of ketones is 1. The Morgan fingerprint density at radius 1 is 0.913 bits per heavy atom. The van der Waals surface area contributed by atoms with E-state index in [1.54, 1.807) is 5.56 Å². The molecule has 0 saturated heterocycles. The minimum atomic E-state index is 0.167. The number of hydrogen-bond acceptors (Lipinski definition) is 1. The maximum Gasteiger partial charge on any atom is 0.126 e. The lowest BCUT2D eigenvalue weighted by molar-refractivity contribution is -0.114. The number of benzene rings is 1. The molecule has 0 aliphatic rings. The van der Waals surface area contributed by atoms with E-state index < -0.39 is 0 Å². The Kier molecular flexibility index (Phi) is 33.5. The molecule has 1 nitrogen and oxygen atoms in total. The van der Waals surface area contributed by atoms with Gasteiger partial charge in [-0.2, -0.15) is 0 Å². The number of rotatable bonds is 3. The fraction of sp³-hybridized carbons (Fsp3) is 0.682. The first kappa shape index (κ1) is 29.8. The Labute approximate surface area is 147 Å². The largest absolute Gasteiger partial charge is 0.300 e. The number of Topliss-reactive ketones (excluding diaryl/α,β-unsaturated/α-hetero) is 1. The minimum absolute atomic E-state index is 0.167. The third-order valence-corrected chi connectivity index (χ3v) is 2.39. The molecule has 138 valence electrons. The summed E-state index contributed by atoms with van der Waals surface area (Å²) in [6, 6.07) is 6.62. The monoisotopic (exact) mass is 324 g/mol. The molecule has 0 saturated carbocycles. The van der Waals surface area contributed by atoms with Crippen molar-refractivity contribution in [3.05, 3.63) is 34.9 Å². The van der Waals surface area contributed by atoms with Crippen LogP contribution in [0.4, 0.5) is 0 Å². The van der Waals surface area contributed by atoms with Crippen LogP contribution in [0.25, 0.3) is 0 Å². The molecule has 0 heterocycles. The predicted octanol–water partition coefficient (Wildman–Crippen LogP) is 7.57. The number of hydrogen-bond donors (Lipinski definition) is 0. The summed E-state index contributed by atoms with van der Waals surface area (Å²) in [5.41, 5.74) is 4.55. The molecule has 23 heavy (non-hydrogen) atoms. The highest BCUT2D eigenvalue weighted by Gasteiger charge is 2.01. The summed E-state index contributed by atoms with van der Waals surface area (Å²) >= 11 is 0. The minimum Gasteiger partial charge on any atom is -0.300 e. The SMILES string of the molecule is CC.CC.CC(C)=O.CCC.CCCc1c(C)cccc1CC.